The predicted molar refractivity (Wildman–Crippen MR) is 40.9 cm³/mol. The van der Waals surface area contributed by atoms with E-state index in [4.69, 9.17) is 5.11 Å². The minimum Gasteiger partial charge on any atom is -0.481 e. The van der Waals surface area contributed by atoms with Crippen molar-refractivity contribution in [3.8, 4) is 0 Å². The summed E-state index contributed by atoms with van der Waals surface area (Å²) in [5.41, 5.74) is 0. The second-order valence-corrected chi connectivity index (χ2v) is 2.74. The van der Waals surface area contributed by atoms with Gasteiger partial charge < -0.3 is 10.4 Å². The number of hydrogen-bond acceptors (Lipinski definition) is 2. The van der Waals surface area contributed by atoms with E-state index in [0.717, 1.165) is 0 Å². The van der Waals surface area contributed by atoms with Gasteiger partial charge in [-0.3, -0.25) is 4.79 Å². The van der Waals surface area contributed by atoms with Crippen LogP contribution in [0.25, 0.3) is 0 Å². The van der Waals surface area contributed by atoms with Crippen molar-refractivity contribution in [2.24, 2.45) is 0 Å². The summed E-state index contributed by atoms with van der Waals surface area (Å²) in [5.74, 6) is -3.76. The van der Waals surface area contributed by atoms with Crippen molar-refractivity contribution in [2.45, 2.75) is 24.8 Å². The average Bonchev–Trinajstić information content (AvgIpc) is 2.08. The van der Waals surface area contributed by atoms with Crippen molar-refractivity contribution in [1.29, 1.82) is 0 Å². The van der Waals surface area contributed by atoms with E-state index in [1.807, 2.05) is 0 Å². The lowest BCUT2D eigenvalue weighted by molar-refractivity contribution is -0.137. The van der Waals surface area contributed by atoms with Gasteiger partial charge in [0, 0.05) is 12.5 Å². The molecule has 2 N–H and O–H groups in total. The van der Waals surface area contributed by atoms with Gasteiger partial charge in [-0.2, -0.15) is 0 Å². The van der Waals surface area contributed by atoms with Crippen molar-refractivity contribution in [3.63, 3.8) is 0 Å². The van der Waals surface area contributed by atoms with E-state index in [1.165, 1.54) is 0 Å². The lowest BCUT2D eigenvalue weighted by atomic mass is 10.1. The third-order valence-electron chi connectivity index (χ3n) is 1.62. The Bertz CT molecular complexity index is 177. The summed E-state index contributed by atoms with van der Waals surface area (Å²) in [5, 5.41) is 10.7. The highest BCUT2D eigenvalue weighted by Gasteiger charge is 2.39. The van der Waals surface area contributed by atoms with E-state index in [9.17, 15) is 13.6 Å². The van der Waals surface area contributed by atoms with Crippen LogP contribution in [-0.4, -0.2) is 29.6 Å². The van der Waals surface area contributed by atoms with Gasteiger partial charge in [-0.25, -0.2) is 8.78 Å². The van der Waals surface area contributed by atoms with E-state index in [-0.39, 0.29) is 25.2 Å². The van der Waals surface area contributed by atoms with Gasteiger partial charge in [-0.05, 0) is 0 Å². The highest BCUT2D eigenvalue weighted by molar-refractivity contribution is 5.85. The van der Waals surface area contributed by atoms with Crippen molar-refractivity contribution in [2.75, 3.05) is 6.54 Å². The molecule has 0 aliphatic carbocycles. The Morgan fingerprint density at radius 2 is 2.25 bits per heavy atom. The van der Waals surface area contributed by atoms with Crippen LogP contribution in [0, 0.1) is 0 Å². The number of carbonyl (C=O) groups is 1. The van der Waals surface area contributed by atoms with E-state index in [2.05, 4.69) is 5.32 Å². The molecule has 0 radical (unpaired) electrons. The first kappa shape index (κ1) is 11.6. The number of alkyl halides is 2. The first-order valence-electron chi connectivity index (χ1n) is 3.33. The van der Waals surface area contributed by atoms with E-state index < -0.39 is 24.5 Å². The Kier molecular flexibility index (Phi) is 3.86. The molecule has 72 valence electrons. The minimum absolute atomic E-state index is 0. The Labute approximate surface area is 74.5 Å². The molecule has 1 saturated heterocycles. The minimum atomic E-state index is -2.72. The molecule has 0 aromatic rings. The van der Waals surface area contributed by atoms with Crippen LogP contribution < -0.4 is 5.32 Å². The molecule has 0 spiro atoms. The monoisotopic (exact) mass is 201 g/mol. The van der Waals surface area contributed by atoms with Crippen molar-refractivity contribution < 1.29 is 18.7 Å². The van der Waals surface area contributed by atoms with E-state index in [1.54, 1.807) is 0 Å². The first-order valence-corrected chi connectivity index (χ1v) is 3.33. The molecule has 6 heteroatoms. The van der Waals surface area contributed by atoms with Gasteiger partial charge in [0.2, 0.25) is 0 Å². The largest absolute Gasteiger partial charge is 0.481 e. The number of rotatable bonds is 2. The number of nitrogens with one attached hydrogen (secondary N) is 1. The molecule has 1 fully saturated rings. The molecular formula is C6H10ClF2NO2. The maximum Gasteiger partial charge on any atom is 0.304 e. The quantitative estimate of drug-likeness (QED) is 0.698. The summed E-state index contributed by atoms with van der Waals surface area (Å²) in [6.07, 6.45) is -0.588. The van der Waals surface area contributed by atoms with Crippen LogP contribution in [-0.2, 0) is 4.79 Å². The Balaban J connectivity index is 0.00000121. The predicted octanol–water partition coefficient (Wildman–Crippen LogP) is 0.880. The molecule has 0 aromatic heterocycles. The van der Waals surface area contributed by atoms with Gasteiger partial charge in [0.1, 0.15) is 0 Å². The summed E-state index contributed by atoms with van der Waals surface area (Å²) in [4.78, 5) is 10.1. The zero-order chi connectivity index (χ0) is 8.48. The summed E-state index contributed by atoms with van der Waals surface area (Å²) < 4.78 is 24.8. The van der Waals surface area contributed by atoms with Gasteiger partial charge in [0.05, 0.1) is 13.0 Å². The molecule has 0 unspecified atom stereocenters. The summed E-state index contributed by atoms with van der Waals surface area (Å²) in [7, 11) is 0. The maximum atomic E-state index is 12.4. The third-order valence-corrected chi connectivity index (χ3v) is 1.62. The Morgan fingerprint density at radius 3 is 2.58 bits per heavy atom. The Morgan fingerprint density at radius 1 is 1.67 bits per heavy atom. The maximum absolute atomic E-state index is 12.4. The number of aliphatic carboxylic acids is 1. The van der Waals surface area contributed by atoms with Crippen molar-refractivity contribution in [3.05, 3.63) is 0 Å². The fraction of sp³-hybridized carbons (Fsp3) is 0.833. The first-order chi connectivity index (χ1) is 4.99. The van der Waals surface area contributed by atoms with Crippen LogP contribution in [0.2, 0.25) is 0 Å². The van der Waals surface area contributed by atoms with Crippen LogP contribution in [0.5, 0.6) is 0 Å². The molecule has 0 saturated carbocycles. The number of halogens is 3. The van der Waals surface area contributed by atoms with Crippen LogP contribution in [0.1, 0.15) is 12.8 Å². The molecule has 0 aromatic carbocycles. The zero-order valence-corrected chi connectivity index (χ0v) is 7.03. The lowest BCUT2D eigenvalue weighted by Gasteiger charge is -2.05. The Hall–Kier alpha value is -0.420. The van der Waals surface area contributed by atoms with Gasteiger partial charge in [-0.1, -0.05) is 0 Å². The molecule has 1 aliphatic rings. The highest BCUT2D eigenvalue weighted by atomic mass is 35.5. The molecule has 1 heterocycles. The number of carboxylic acids is 1. The summed E-state index contributed by atoms with van der Waals surface area (Å²) in [6.45, 7) is -0.398. The van der Waals surface area contributed by atoms with Crippen LogP contribution in [0.15, 0.2) is 0 Å². The van der Waals surface area contributed by atoms with Crippen LogP contribution >= 0.6 is 12.4 Å². The number of hydrogen-bond donors (Lipinski definition) is 2. The molecule has 3 nitrogen and oxygen atoms in total. The SMILES string of the molecule is Cl.O=C(O)C[C@@H]1CC(F)(F)CN1. The van der Waals surface area contributed by atoms with Crippen LogP contribution in [0.4, 0.5) is 8.78 Å². The summed E-state index contributed by atoms with van der Waals surface area (Å²) in [6, 6.07) is -0.567. The van der Waals surface area contributed by atoms with Gasteiger partial charge >= 0.3 is 5.97 Å². The topological polar surface area (TPSA) is 49.3 Å². The lowest BCUT2D eigenvalue weighted by Crippen LogP contribution is -2.24. The molecule has 1 aliphatic heterocycles. The normalized spacial score (nSPS) is 26.3. The molecule has 0 amide bonds. The zero-order valence-electron chi connectivity index (χ0n) is 6.22. The second-order valence-electron chi connectivity index (χ2n) is 2.74. The fourth-order valence-electron chi connectivity index (χ4n) is 1.15. The highest BCUT2D eigenvalue weighted by Crippen LogP contribution is 2.26. The standard InChI is InChI=1S/C6H9F2NO2.ClH/c7-6(8)2-4(9-3-6)1-5(10)11;/h4,9H,1-3H2,(H,10,11);1H/t4-;/m1./s1. The van der Waals surface area contributed by atoms with Gasteiger partial charge in [0.15, 0.2) is 0 Å². The average molecular weight is 202 g/mol. The van der Waals surface area contributed by atoms with Gasteiger partial charge in [0.25, 0.3) is 5.92 Å². The molecule has 0 bridgehead atoms. The van der Waals surface area contributed by atoms with Crippen LogP contribution in [0.3, 0.4) is 0 Å². The van der Waals surface area contributed by atoms with Gasteiger partial charge in [-0.15, -0.1) is 12.4 Å². The summed E-state index contributed by atoms with van der Waals surface area (Å²) >= 11 is 0. The van der Waals surface area contributed by atoms with E-state index >= 15 is 0 Å². The van der Waals surface area contributed by atoms with Crippen molar-refractivity contribution >= 4 is 18.4 Å². The fourth-order valence-corrected chi connectivity index (χ4v) is 1.15. The third kappa shape index (κ3) is 3.32. The van der Waals surface area contributed by atoms with E-state index in [0.29, 0.717) is 0 Å². The molecule has 1 rings (SSSR count). The second kappa shape index (κ2) is 4.00. The number of carboxylic acid groups (broad SMARTS) is 1. The molecular weight excluding hydrogens is 192 g/mol. The molecule has 1 atom stereocenters. The smallest absolute Gasteiger partial charge is 0.304 e. The molecule has 12 heavy (non-hydrogen) atoms. The van der Waals surface area contributed by atoms with Crippen molar-refractivity contribution in [1.82, 2.24) is 5.32 Å².